The monoisotopic (exact) mass is 414 g/mol. The molecule has 9 nitrogen and oxygen atoms in total. The van der Waals surface area contributed by atoms with Crippen molar-refractivity contribution in [2.45, 2.75) is 20.1 Å². The van der Waals surface area contributed by atoms with Crippen molar-refractivity contribution < 1.29 is 19.0 Å². The SMILES string of the molecule is COCc1cc(=O)n(CC(=O)N2CCOc3ccc(C)cc32)c(N2CCOCC2)n1. The number of aryl methyl sites for hydroxylation is 1. The Bertz CT molecular complexity index is 984. The number of nitrogens with zero attached hydrogens (tertiary/aromatic N) is 4. The lowest BCUT2D eigenvalue weighted by molar-refractivity contribution is -0.119. The Balaban J connectivity index is 1.66. The Morgan fingerprint density at radius 3 is 2.73 bits per heavy atom. The van der Waals surface area contributed by atoms with Gasteiger partial charge in [-0.3, -0.25) is 14.2 Å². The highest BCUT2D eigenvalue weighted by Crippen LogP contribution is 2.32. The molecule has 1 saturated heterocycles. The summed E-state index contributed by atoms with van der Waals surface area (Å²) in [6.45, 7) is 5.27. The zero-order valence-corrected chi connectivity index (χ0v) is 17.3. The van der Waals surface area contributed by atoms with Crippen LogP contribution in [0, 0.1) is 6.92 Å². The quantitative estimate of drug-likeness (QED) is 0.720. The summed E-state index contributed by atoms with van der Waals surface area (Å²) < 4.78 is 17.7. The Kier molecular flexibility index (Phi) is 6.01. The average Bonchev–Trinajstić information content (AvgIpc) is 2.75. The fourth-order valence-corrected chi connectivity index (χ4v) is 3.72. The molecule has 0 aliphatic carbocycles. The van der Waals surface area contributed by atoms with E-state index in [0.717, 1.165) is 11.3 Å². The topological polar surface area (TPSA) is 86.1 Å². The summed E-state index contributed by atoms with van der Waals surface area (Å²) in [6, 6.07) is 7.18. The molecule has 0 N–H and O–H groups in total. The number of morpholine rings is 1. The van der Waals surface area contributed by atoms with Crippen LogP contribution in [-0.4, -0.2) is 62.0 Å². The van der Waals surface area contributed by atoms with Crippen molar-refractivity contribution in [3.63, 3.8) is 0 Å². The summed E-state index contributed by atoms with van der Waals surface area (Å²) >= 11 is 0. The zero-order valence-electron chi connectivity index (χ0n) is 17.3. The van der Waals surface area contributed by atoms with E-state index in [1.165, 1.54) is 10.6 Å². The molecule has 0 radical (unpaired) electrons. The number of benzene rings is 1. The maximum atomic E-state index is 13.3. The van der Waals surface area contributed by atoms with Crippen molar-refractivity contribution in [3.8, 4) is 5.75 Å². The van der Waals surface area contributed by atoms with Gasteiger partial charge in [-0.25, -0.2) is 4.98 Å². The molecule has 1 fully saturated rings. The first kappa shape index (κ1) is 20.4. The summed E-state index contributed by atoms with van der Waals surface area (Å²) in [5, 5.41) is 0. The summed E-state index contributed by atoms with van der Waals surface area (Å²) in [4.78, 5) is 34.4. The van der Waals surface area contributed by atoms with Crippen molar-refractivity contribution in [1.29, 1.82) is 0 Å². The second kappa shape index (κ2) is 8.85. The number of hydrogen-bond acceptors (Lipinski definition) is 7. The molecular formula is C21H26N4O5. The van der Waals surface area contributed by atoms with Gasteiger partial charge in [0.15, 0.2) is 0 Å². The number of carbonyl (C=O) groups is 1. The van der Waals surface area contributed by atoms with E-state index >= 15 is 0 Å². The predicted octanol–water partition coefficient (Wildman–Crippen LogP) is 0.960. The number of hydrogen-bond donors (Lipinski definition) is 0. The molecule has 0 saturated carbocycles. The number of carbonyl (C=O) groups excluding carboxylic acids is 1. The van der Waals surface area contributed by atoms with E-state index in [9.17, 15) is 9.59 Å². The van der Waals surface area contributed by atoms with E-state index in [1.807, 2.05) is 30.0 Å². The molecule has 3 heterocycles. The van der Waals surface area contributed by atoms with E-state index in [2.05, 4.69) is 4.98 Å². The van der Waals surface area contributed by atoms with Crippen LogP contribution in [-0.2, 0) is 27.4 Å². The molecule has 4 rings (SSSR count). The van der Waals surface area contributed by atoms with Gasteiger partial charge in [0.1, 0.15) is 18.9 Å². The Labute approximate surface area is 174 Å². The van der Waals surface area contributed by atoms with Crippen LogP contribution in [0.1, 0.15) is 11.3 Å². The van der Waals surface area contributed by atoms with Gasteiger partial charge in [0, 0.05) is 26.3 Å². The molecule has 30 heavy (non-hydrogen) atoms. The minimum absolute atomic E-state index is 0.0980. The minimum Gasteiger partial charge on any atom is -0.490 e. The molecule has 1 amide bonds. The Hall–Kier alpha value is -2.91. The largest absolute Gasteiger partial charge is 0.490 e. The third-order valence-electron chi connectivity index (χ3n) is 5.20. The molecule has 1 aromatic heterocycles. The normalized spacial score (nSPS) is 16.2. The van der Waals surface area contributed by atoms with Gasteiger partial charge in [0.25, 0.3) is 5.56 Å². The van der Waals surface area contributed by atoms with Gasteiger partial charge in [0.05, 0.1) is 37.7 Å². The molecule has 2 aliphatic rings. The van der Waals surface area contributed by atoms with Crippen LogP contribution in [0.25, 0.3) is 0 Å². The van der Waals surface area contributed by atoms with Crippen LogP contribution in [0.3, 0.4) is 0 Å². The predicted molar refractivity (Wildman–Crippen MR) is 111 cm³/mol. The van der Waals surface area contributed by atoms with Crippen LogP contribution in [0.4, 0.5) is 11.6 Å². The van der Waals surface area contributed by atoms with Crippen molar-refractivity contribution in [1.82, 2.24) is 9.55 Å². The maximum Gasteiger partial charge on any atom is 0.255 e. The van der Waals surface area contributed by atoms with Gasteiger partial charge < -0.3 is 24.0 Å². The minimum atomic E-state index is -0.274. The maximum absolute atomic E-state index is 13.3. The molecule has 1 aromatic carbocycles. The van der Waals surface area contributed by atoms with Gasteiger partial charge in [-0.05, 0) is 24.6 Å². The molecular weight excluding hydrogens is 388 g/mol. The molecule has 0 bridgehead atoms. The van der Waals surface area contributed by atoms with Crippen LogP contribution >= 0.6 is 0 Å². The lowest BCUT2D eigenvalue weighted by Crippen LogP contribution is -2.44. The van der Waals surface area contributed by atoms with Gasteiger partial charge in [-0.2, -0.15) is 0 Å². The molecule has 0 spiro atoms. The molecule has 2 aromatic rings. The van der Waals surface area contributed by atoms with Gasteiger partial charge >= 0.3 is 0 Å². The van der Waals surface area contributed by atoms with Gasteiger partial charge in [-0.1, -0.05) is 6.07 Å². The van der Waals surface area contributed by atoms with E-state index < -0.39 is 0 Å². The lowest BCUT2D eigenvalue weighted by Gasteiger charge is -2.32. The highest BCUT2D eigenvalue weighted by atomic mass is 16.5. The fourth-order valence-electron chi connectivity index (χ4n) is 3.72. The summed E-state index contributed by atoms with van der Waals surface area (Å²) in [5.41, 5.74) is 2.04. The van der Waals surface area contributed by atoms with Gasteiger partial charge in [0.2, 0.25) is 11.9 Å². The van der Waals surface area contributed by atoms with Crippen molar-refractivity contribution in [2.75, 3.05) is 56.4 Å². The number of ether oxygens (including phenoxy) is 3. The molecule has 9 heteroatoms. The Morgan fingerprint density at radius 2 is 1.97 bits per heavy atom. The van der Waals surface area contributed by atoms with Crippen LogP contribution in [0.5, 0.6) is 5.75 Å². The zero-order chi connectivity index (χ0) is 21.1. The highest BCUT2D eigenvalue weighted by molar-refractivity contribution is 5.95. The molecule has 2 aliphatic heterocycles. The van der Waals surface area contributed by atoms with E-state index in [-0.39, 0.29) is 24.6 Å². The summed E-state index contributed by atoms with van der Waals surface area (Å²) in [5.74, 6) is 0.974. The van der Waals surface area contributed by atoms with Crippen LogP contribution in [0.15, 0.2) is 29.1 Å². The van der Waals surface area contributed by atoms with E-state index in [0.29, 0.717) is 56.8 Å². The number of rotatable bonds is 5. The van der Waals surface area contributed by atoms with E-state index in [1.54, 1.807) is 12.0 Å². The third-order valence-corrected chi connectivity index (χ3v) is 5.20. The Morgan fingerprint density at radius 1 is 1.17 bits per heavy atom. The number of fused-ring (bicyclic) bond motifs is 1. The molecule has 0 unspecified atom stereocenters. The number of aromatic nitrogens is 2. The van der Waals surface area contributed by atoms with E-state index in [4.69, 9.17) is 14.2 Å². The number of anilines is 2. The smallest absolute Gasteiger partial charge is 0.255 e. The third kappa shape index (κ3) is 4.17. The standard InChI is InChI=1S/C21H26N4O5/c1-15-3-4-18-17(11-15)24(7-10-30-18)20(27)13-25-19(26)12-16(14-28-2)22-21(25)23-5-8-29-9-6-23/h3-4,11-12H,5-10,13-14H2,1-2H3. The fraction of sp³-hybridized carbons (Fsp3) is 0.476. The van der Waals surface area contributed by atoms with Crippen LogP contribution in [0.2, 0.25) is 0 Å². The lowest BCUT2D eigenvalue weighted by atomic mass is 10.1. The van der Waals surface area contributed by atoms with Crippen LogP contribution < -0.4 is 20.1 Å². The number of amides is 1. The molecule has 0 atom stereocenters. The molecule has 160 valence electrons. The average molecular weight is 414 g/mol. The second-order valence-corrected chi connectivity index (χ2v) is 7.37. The first-order chi connectivity index (χ1) is 14.6. The summed E-state index contributed by atoms with van der Waals surface area (Å²) in [6.07, 6.45) is 0. The van der Waals surface area contributed by atoms with Crippen molar-refractivity contribution >= 4 is 17.5 Å². The summed E-state index contributed by atoms with van der Waals surface area (Å²) in [7, 11) is 1.56. The van der Waals surface area contributed by atoms with Crippen molar-refractivity contribution in [3.05, 3.63) is 45.9 Å². The van der Waals surface area contributed by atoms with Crippen molar-refractivity contribution in [2.24, 2.45) is 0 Å². The first-order valence-corrected chi connectivity index (χ1v) is 10.0. The first-order valence-electron chi connectivity index (χ1n) is 10.0. The second-order valence-electron chi connectivity index (χ2n) is 7.37. The van der Waals surface area contributed by atoms with Gasteiger partial charge in [-0.15, -0.1) is 0 Å². The number of methoxy groups -OCH3 is 1. The highest BCUT2D eigenvalue weighted by Gasteiger charge is 2.26.